The molecular formula is C26H28FN5O3. The van der Waals surface area contributed by atoms with E-state index < -0.39 is 29.2 Å². The summed E-state index contributed by atoms with van der Waals surface area (Å²) in [5, 5.41) is 11.2. The van der Waals surface area contributed by atoms with E-state index >= 15 is 0 Å². The topological polar surface area (TPSA) is 93.3 Å². The Labute approximate surface area is 202 Å². The van der Waals surface area contributed by atoms with E-state index in [0.29, 0.717) is 34.7 Å². The van der Waals surface area contributed by atoms with Gasteiger partial charge in [-0.2, -0.15) is 0 Å². The molecule has 9 heteroatoms. The predicted molar refractivity (Wildman–Crippen MR) is 130 cm³/mol. The van der Waals surface area contributed by atoms with Gasteiger partial charge in [-0.25, -0.2) is 9.07 Å². The molecular weight excluding hydrogens is 449 g/mol. The molecule has 0 spiro atoms. The van der Waals surface area contributed by atoms with Crippen LogP contribution < -0.4 is 10.2 Å². The van der Waals surface area contributed by atoms with Crippen LogP contribution in [0.2, 0.25) is 0 Å². The molecule has 182 valence electrons. The van der Waals surface area contributed by atoms with Gasteiger partial charge in [-0.3, -0.25) is 14.5 Å². The van der Waals surface area contributed by atoms with E-state index in [2.05, 4.69) is 15.6 Å². The molecule has 2 aromatic carbocycles. The molecule has 0 aliphatic rings. The zero-order valence-electron chi connectivity index (χ0n) is 20.2. The molecule has 0 aliphatic carbocycles. The Morgan fingerprint density at radius 2 is 1.83 bits per heavy atom. The molecule has 0 aliphatic heterocycles. The van der Waals surface area contributed by atoms with Crippen molar-refractivity contribution in [1.29, 1.82) is 0 Å². The third kappa shape index (κ3) is 5.24. The molecule has 8 nitrogen and oxygen atoms in total. The summed E-state index contributed by atoms with van der Waals surface area (Å²) in [4.78, 5) is 28.8. The largest absolute Gasteiger partial charge is 0.464 e. The van der Waals surface area contributed by atoms with Crippen LogP contribution >= 0.6 is 0 Å². The summed E-state index contributed by atoms with van der Waals surface area (Å²) in [6.45, 7) is 7.35. The molecule has 35 heavy (non-hydrogen) atoms. The van der Waals surface area contributed by atoms with Crippen LogP contribution in [0.3, 0.4) is 0 Å². The van der Waals surface area contributed by atoms with Gasteiger partial charge in [0.25, 0.3) is 5.91 Å². The van der Waals surface area contributed by atoms with Gasteiger partial charge < -0.3 is 9.73 Å². The number of aromatic nitrogens is 3. The molecule has 1 N–H and O–H groups in total. The van der Waals surface area contributed by atoms with Crippen LogP contribution in [0, 0.1) is 12.7 Å². The molecule has 0 saturated heterocycles. The van der Waals surface area contributed by atoms with Crippen molar-refractivity contribution in [1.82, 2.24) is 20.3 Å². The second kappa shape index (κ2) is 9.69. The second-order valence-electron chi connectivity index (χ2n) is 9.05. The number of fused-ring (bicyclic) bond motifs is 1. The summed E-state index contributed by atoms with van der Waals surface area (Å²) in [5.41, 5.74) is 1.16. The van der Waals surface area contributed by atoms with Gasteiger partial charge >= 0.3 is 0 Å². The summed E-state index contributed by atoms with van der Waals surface area (Å²) in [5.74, 6) is -0.400. The monoisotopic (exact) mass is 477 g/mol. The van der Waals surface area contributed by atoms with Crippen LogP contribution in [0.25, 0.3) is 11.0 Å². The summed E-state index contributed by atoms with van der Waals surface area (Å²) in [6, 6.07) is 15.0. The van der Waals surface area contributed by atoms with Crippen molar-refractivity contribution < 1.29 is 18.4 Å². The van der Waals surface area contributed by atoms with Crippen molar-refractivity contribution in [3.8, 4) is 0 Å². The standard InChI is InChI=1S/C26H28FN5O3/c1-5-26(3,4)28-25(34)24(22-15-10-17(2)35-22)32(19-13-11-18(27)12-14-19)23(33)16-31-21-9-7-6-8-20(21)29-30-31/h6-15,24H,5,16H2,1-4H3,(H,28,34)/t24-/m1/s1. The number of halogens is 1. The minimum absolute atomic E-state index is 0.182. The van der Waals surface area contributed by atoms with Gasteiger partial charge in [0.1, 0.15) is 29.4 Å². The van der Waals surface area contributed by atoms with E-state index in [4.69, 9.17) is 4.42 Å². The smallest absolute Gasteiger partial charge is 0.251 e. The third-order valence-corrected chi connectivity index (χ3v) is 5.96. The Balaban J connectivity index is 1.79. The third-order valence-electron chi connectivity index (χ3n) is 5.96. The number of anilines is 1. The van der Waals surface area contributed by atoms with Gasteiger partial charge in [-0.1, -0.05) is 24.3 Å². The van der Waals surface area contributed by atoms with E-state index in [0.717, 1.165) is 0 Å². The van der Waals surface area contributed by atoms with Gasteiger partial charge in [0, 0.05) is 11.2 Å². The lowest BCUT2D eigenvalue weighted by molar-refractivity contribution is -0.128. The van der Waals surface area contributed by atoms with E-state index in [-0.39, 0.29) is 6.54 Å². The molecule has 0 saturated carbocycles. The van der Waals surface area contributed by atoms with Gasteiger partial charge in [-0.15, -0.1) is 5.10 Å². The molecule has 2 heterocycles. The number of amides is 2. The predicted octanol–water partition coefficient (Wildman–Crippen LogP) is 4.55. The zero-order valence-corrected chi connectivity index (χ0v) is 20.2. The first-order valence-electron chi connectivity index (χ1n) is 11.4. The van der Waals surface area contributed by atoms with Gasteiger partial charge in [0.15, 0.2) is 6.04 Å². The normalized spacial score (nSPS) is 12.5. The number of carbonyl (C=O) groups excluding carboxylic acids is 2. The number of furan rings is 1. The van der Waals surface area contributed by atoms with E-state index in [1.165, 1.54) is 33.8 Å². The van der Waals surface area contributed by atoms with Crippen LogP contribution in [0.4, 0.5) is 10.1 Å². The minimum Gasteiger partial charge on any atom is -0.464 e. The van der Waals surface area contributed by atoms with Crippen LogP contribution in [-0.4, -0.2) is 32.3 Å². The van der Waals surface area contributed by atoms with E-state index in [1.54, 1.807) is 25.1 Å². The number of hydrogen-bond donors (Lipinski definition) is 1. The van der Waals surface area contributed by atoms with Gasteiger partial charge in [0.2, 0.25) is 5.91 Å². The summed E-state index contributed by atoms with van der Waals surface area (Å²) < 4.78 is 21.1. The average Bonchev–Trinajstić information content (AvgIpc) is 3.44. The summed E-state index contributed by atoms with van der Waals surface area (Å²) in [7, 11) is 0. The lowest BCUT2D eigenvalue weighted by Crippen LogP contribution is -2.51. The van der Waals surface area contributed by atoms with E-state index in [9.17, 15) is 14.0 Å². The first-order valence-corrected chi connectivity index (χ1v) is 11.4. The Bertz CT molecular complexity index is 1340. The quantitative estimate of drug-likeness (QED) is 0.402. The fourth-order valence-electron chi connectivity index (χ4n) is 3.74. The summed E-state index contributed by atoms with van der Waals surface area (Å²) >= 11 is 0. The SMILES string of the molecule is CCC(C)(C)NC(=O)[C@@H](c1ccc(C)o1)N(C(=O)Cn1nnc2ccccc21)c1ccc(F)cc1. The molecule has 1 atom stereocenters. The zero-order chi connectivity index (χ0) is 25.2. The second-order valence-corrected chi connectivity index (χ2v) is 9.05. The lowest BCUT2D eigenvalue weighted by Gasteiger charge is -2.33. The molecule has 4 aromatic rings. The maximum atomic E-state index is 13.8. The molecule has 4 rings (SSSR count). The van der Waals surface area contributed by atoms with Crippen molar-refractivity contribution in [2.45, 2.75) is 52.2 Å². The highest BCUT2D eigenvalue weighted by atomic mass is 19.1. The van der Waals surface area contributed by atoms with E-state index in [1.807, 2.05) is 39.0 Å². The maximum absolute atomic E-state index is 13.8. The lowest BCUT2D eigenvalue weighted by atomic mass is 10.0. The Hall–Kier alpha value is -4.01. The number of nitrogens with zero attached hydrogens (tertiary/aromatic N) is 4. The Kier molecular flexibility index (Phi) is 6.68. The van der Waals surface area contributed by atoms with Crippen molar-refractivity contribution in [2.24, 2.45) is 0 Å². The highest BCUT2D eigenvalue weighted by molar-refractivity contribution is 6.01. The molecule has 0 radical (unpaired) electrons. The molecule has 2 aromatic heterocycles. The first kappa shape index (κ1) is 24.1. The van der Waals surface area contributed by atoms with Crippen molar-refractivity contribution in [2.75, 3.05) is 4.90 Å². The van der Waals surface area contributed by atoms with Crippen LogP contribution in [0.5, 0.6) is 0 Å². The molecule has 2 amide bonds. The minimum atomic E-state index is -1.12. The maximum Gasteiger partial charge on any atom is 0.251 e. The molecule has 0 unspecified atom stereocenters. The number of carbonyl (C=O) groups is 2. The fraction of sp³-hybridized carbons (Fsp3) is 0.308. The number of para-hydroxylation sites is 1. The molecule has 0 bridgehead atoms. The number of aryl methyl sites for hydroxylation is 1. The number of nitrogens with one attached hydrogen (secondary N) is 1. The highest BCUT2D eigenvalue weighted by Crippen LogP contribution is 2.31. The average molecular weight is 478 g/mol. The van der Waals surface area contributed by atoms with Gasteiger partial charge in [-0.05, 0) is 75.7 Å². The van der Waals surface area contributed by atoms with Crippen molar-refractivity contribution in [3.63, 3.8) is 0 Å². The Morgan fingerprint density at radius 3 is 2.49 bits per heavy atom. The number of hydrogen-bond acceptors (Lipinski definition) is 5. The fourth-order valence-corrected chi connectivity index (χ4v) is 3.74. The van der Waals surface area contributed by atoms with Crippen molar-refractivity contribution >= 4 is 28.5 Å². The molecule has 0 fully saturated rings. The van der Waals surface area contributed by atoms with Gasteiger partial charge in [0.05, 0.1) is 5.52 Å². The summed E-state index contributed by atoms with van der Waals surface area (Å²) in [6.07, 6.45) is 0.679. The van der Waals surface area contributed by atoms with Crippen LogP contribution in [0.15, 0.2) is 65.1 Å². The number of benzene rings is 2. The first-order chi connectivity index (χ1) is 16.7. The number of rotatable bonds is 8. The van der Waals surface area contributed by atoms with Crippen LogP contribution in [-0.2, 0) is 16.1 Å². The van der Waals surface area contributed by atoms with Crippen LogP contribution in [0.1, 0.15) is 44.8 Å². The highest BCUT2D eigenvalue weighted by Gasteiger charge is 2.37. The van der Waals surface area contributed by atoms with Crippen molar-refractivity contribution in [3.05, 3.63) is 78.0 Å². The Morgan fingerprint density at radius 1 is 1.11 bits per heavy atom.